The van der Waals surface area contributed by atoms with Crippen molar-refractivity contribution < 1.29 is 14.5 Å². The summed E-state index contributed by atoms with van der Waals surface area (Å²) in [4.78, 5) is 29.0. The van der Waals surface area contributed by atoms with E-state index in [1.165, 1.54) is 23.5 Å². The Balaban J connectivity index is 1.81. The van der Waals surface area contributed by atoms with Crippen LogP contribution in [-0.2, 0) is 16.1 Å². The number of thiazole rings is 1. The molecule has 0 spiro atoms. The van der Waals surface area contributed by atoms with Crippen molar-refractivity contribution in [3.8, 4) is 0 Å². The van der Waals surface area contributed by atoms with E-state index in [-0.39, 0.29) is 11.6 Å². The highest BCUT2D eigenvalue weighted by molar-refractivity contribution is 7.99. The van der Waals surface area contributed by atoms with E-state index in [4.69, 9.17) is 4.74 Å². The summed E-state index contributed by atoms with van der Waals surface area (Å²) in [5.41, 5.74) is 0.832. The number of nitrogens with zero attached hydrogens (tertiary/aromatic N) is 3. The molecule has 0 saturated carbocycles. The molecule has 3 rings (SSSR count). The molecule has 1 amide bonds. The van der Waals surface area contributed by atoms with E-state index in [1.807, 2.05) is 41.8 Å². The fourth-order valence-corrected chi connectivity index (χ4v) is 4.68. The first-order valence-corrected chi connectivity index (χ1v) is 11.0. The summed E-state index contributed by atoms with van der Waals surface area (Å²) < 4.78 is 8.05. The van der Waals surface area contributed by atoms with E-state index in [0.29, 0.717) is 36.7 Å². The first-order chi connectivity index (χ1) is 14.1. The van der Waals surface area contributed by atoms with Gasteiger partial charge in [-0.2, -0.15) is 4.99 Å². The summed E-state index contributed by atoms with van der Waals surface area (Å²) in [6.07, 6.45) is 0.319. The molecule has 7 nitrogen and oxygen atoms in total. The number of non-ortho nitro benzene ring substituents is 1. The molecular weight excluding hydrogens is 410 g/mol. The number of rotatable bonds is 9. The standard InChI is InChI=1S/C20H21N3O4S2/c1-2-27-12-11-22-17-9-8-15(23(25)26)14-18(17)29-20(22)21-19(24)10-13-28-16-6-4-3-5-7-16/h3-9,14H,2,10-13H2,1H3. The molecule has 1 heterocycles. The number of carbonyl (C=O) groups is 1. The molecule has 1 aromatic heterocycles. The Labute approximate surface area is 176 Å². The lowest BCUT2D eigenvalue weighted by Crippen LogP contribution is -2.19. The van der Waals surface area contributed by atoms with E-state index in [1.54, 1.807) is 17.8 Å². The Hall–Kier alpha value is -2.49. The fourth-order valence-electron chi connectivity index (χ4n) is 2.71. The minimum absolute atomic E-state index is 0.0212. The normalized spacial score (nSPS) is 11.8. The van der Waals surface area contributed by atoms with Crippen molar-refractivity contribution in [3.63, 3.8) is 0 Å². The van der Waals surface area contributed by atoms with Crippen molar-refractivity contribution in [2.24, 2.45) is 4.99 Å². The monoisotopic (exact) mass is 431 g/mol. The molecule has 0 fully saturated rings. The Kier molecular flexibility index (Phi) is 7.56. The van der Waals surface area contributed by atoms with Gasteiger partial charge in [-0.15, -0.1) is 11.8 Å². The van der Waals surface area contributed by atoms with Crippen molar-refractivity contribution in [2.75, 3.05) is 19.0 Å². The summed E-state index contributed by atoms with van der Waals surface area (Å²) in [5, 5.41) is 11.1. The molecular formula is C20H21N3O4S2. The summed E-state index contributed by atoms with van der Waals surface area (Å²) in [6, 6.07) is 14.6. The van der Waals surface area contributed by atoms with Gasteiger partial charge < -0.3 is 9.30 Å². The first-order valence-electron chi connectivity index (χ1n) is 9.19. The summed E-state index contributed by atoms with van der Waals surface area (Å²) in [7, 11) is 0. The van der Waals surface area contributed by atoms with E-state index in [2.05, 4.69) is 4.99 Å². The van der Waals surface area contributed by atoms with E-state index in [0.717, 1.165) is 15.1 Å². The number of aromatic nitrogens is 1. The van der Waals surface area contributed by atoms with Crippen LogP contribution in [0.15, 0.2) is 58.4 Å². The molecule has 0 aliphatic rings. The summed E-state index contributed by atoms with van der Waals surface area (Å²) in [6.45, 7) is 3.51. The third-order valence-electron chi connectivity index (χ3n) is 4.09. The summed E-state index contributed by atoms with van der Waals surface area (Å²) in [5.74, 6) is 0.432. The lowest BCUT2D eigenvalue weighted by atomic mass is 10.3. The van der Waals surface area contributed by atoms with Gasteiger partial charge >= 0.3 is 0 Å². The first kappa shape index (κ1) is 21.2. The van der Waals surface area contributed by atoms with Gasteiger partial charge in [0.15, 0.2) is 4.80 Å². The fraction of sp³-hybridized carbons (Fsp3) is 0.300. The maximum Gasteiger partial charge on any atom is 0.270 e. The Morgan fingerprint density at radius 2 is 2.07 bits per heavy atom. The van der Waals surface area contributed by atoms with Crippen LogP contribution in [0, 0.1) is 10.1 Å². The van der Waals surface area contributed by atoms with Crippen molar-refractivity contribution in [3.05, 3.63) is 63.4 Å². The average Bonchev–Trinajstić information content (AvgIpc) is 3.05. The van der Waals surface area contributed by atoms with Crippen LogP contribution >= 0.6 is 23.1 Å². The van der Waals surface area contributed by atoms with Gasteiger partial charge in [0, 0.05) is 42.4 Å². The molecule has 0 bridgehead atoms. The number of nitro groups is 1. The molecule has 0 aliphatic heterocycles. The van der Waals surface area contributed by atoms with Crippen molar-refractivity contribution in [2.45, 2.75) is 24.8 Å². The van der Waals surface area contributed by atoms with Crippen molar-refractivity contribution in [1.29, 1.82) is 0 Å². The smallest absolute Gasteiger partial charge is 0.270 e. The number of benzene rings is 2. The van der Waals surface area contributed by atoms with Crippen LogP contribution in [0.2, 0.25) is 0 Å². The summed E-state index contributed by atoms with van der Waals surface area (Å²) >= 11 is 2.89. The zero-order chi connectivity index (χ0) is 20.6. The second-order valence-electron chi connectivity index (χ2n) is 6.06. The van der Waals surface area contributed by atoms with E-state index in [9.17, 15) is 14.9 Å². The zero-order valence-electron chi connectivity index (χ0n) is 15.9. The molecule has 29 heavy (non-hydrogen) atoms. The topological polar surface area (TPSA) is 86.7 Å². The molecule has 0 unspecified atom stereocenters. The molecule has 152 valence electrons. The highest BCUT2D eigenvalue weighted by atomic mass is 32.2. The van der Waals surface area contributed by atoms with Crippen LogP contribution in [0.3, 0.4) is 0 Å². The van der Waals surface area contributed by atoms with Crippen LogP contribution in [0.1, 0.15) is 13.3 Å². The Bertz CT molecular complexity index is 1060. The number of amides is 1. The maximum absolute atomic E-state index is 12.4. The number of carbonyl (C=O) groups excluding carboxylic acids is 1. The molecule has 2 aromatic carbocycles. The van der Waals surface area contributed by atoms with Gasteiger partial charge in [0.05, 0.1) is 21.7 Å². The second kappa shape index (κ2) is 10.3. The minimum Gasteiger partial charge on any atom is -0.380 e. The Morgan fingerprint density at radius 3 is 2.79 bits per heavy atom. The molecule has 3 aromatic rings. The van der Waals surface area contributed by atoms with Gasteiger partial charge in [-0.05, 0) is 25.1 Å². The van der Waals surface area contributed by atoms with Gasteiger partial charge in [0.25, 0.3) is 5.69 Å². The quantitative estimate of drug-likeness (QED) is 0.219. The molecule has 0 atom stereocenters. The predicted molar refractivity (Wildman–Crippen MR) is 115 cm³/mol. The van der Waals surface area contributed by atoms with Crippen molar-refractivity contribution >= 4 is 44.9 Å². The molecule has 9 heteroatoms. The number of hydrogen-bond acceptors (Lipinski definition) is 6. The molecule has 0 saturated heterocycles. The third-order valence-corrected chi connectivity index (χ3v) is 6.14. The number of nitro benzene ring substituents is 1. The largest absolute Gasteiger partial charge is 0.380 e. The highest BCUT2D eigenvalue weighted by Crippen LogP contribution is 2.23. The van der Waals surface area contributed by atoms with Crippen LogP contribution in [0.4, 0.5) is 5.69 Å². The molecule has 0 N–H and O–H groups in total. The lowest BCUT2D eigenvalue weighted by molar-refractivity contribution is -0.384. The van der Waals surface area contributed by atoms with Gasteiger partial charge in [0.1, 0.15) is 0 Å². The Morgan fingerprint density at radius 1 is 1.28 bits per heavy atom. The van der Waals surface area contributed by atoms with E-state index >= 15 is 0 Å². The highest BCUT2D eigenvalue weighted by Gasteiger charge is 2.13. The van der Waals surface area contributed by atoms with Crippen LogP contribution in [-0.4, -0.2) is 34.4 Å². The number of ether oxygens (including phenoxy) is 1. The zero-order valence-corrected chi connectivity index (χ0v) is 17.6. The van der Waals surface area contributed by atoms with Gasteiger partial charge in [-0.3, -0.25) is 14.9 Å². The SMILES string of the molecule is CCOCCn1c(=NC(=O)CCSc2ccccc2)sc2cc([N+](=O)[O-])ccc21. The van der Waals surface area contributed by atoms with Crippen LogP contribution in [0.5, 0.6) is 0 Å². The van der Waals surface area contributed by atoms with Gasteiger partial charge in [-0.25, -0.2) is 0 Å². The maximum atomic E-state index is 12.4. The predicted octanol–water partition coefficient (Wildman–Crippen LogP) is 4.26. The third kappa shape index (κ3) is 5.75. The second-order valence-corrected chi connectivity index (χ2v) is 8.24. The number of thioether (sulfide) groups is 1. The molecule has 0 aliphatic carbocycles. The number of hydrogen-bond donors (Lipinski definition) is 0. The van der Waals surface area contributed by atoms with Gasteiger partial charge in [0.2, 0.25) is 5.91 Å². The van der Waals surface area contributed by atoms with Crippen molar-refractivity contribution in [1.82, 2.24) is 4.57 Å². The van der Waals surface area contributed by atoms with Gasteiger partial charge in [-0.1, -0.05) is 29.5 Å². The minimum atomic E-state index is -0.424. The average molecular weight is 432 g/mol. The molecule has 0 radical (unpaired) electrons. The van der Waals surface area contributed by atoms with Crippen LogP contribution in [0.25, 0.3) is 10.2 Å². The number of fused-ring (bicyclic) bond motifs is 1. The lowest BCUT2D eigenvalue weighted by Gasteiger charge is -2.05. The van der Waals surface area contributed by atoms with E-state index < -0.39 is 4.92 Å². The van der Waals surface area contributed by atoms with Crippen LogP contribution < -0.4 is 4.80 Å².